The minimum atomic E-state index is -4.79. The van der Waals surface area contributed by atoms with Crippen molar-refractivity contribution in [2.75, 3.05) is 12.3 Å². The number of hydrogen-bond acceptors (Lipinski definition) is 9. The molecule has 3 rings (SSSR count). The summed E-state index contributed by atoms with van der Waals surface area (Å²) in [6, 6.07) is 8.16. The number of phenolic OH excluding ortho intramolecular Hbond substituents is 2. The van der Waals surface area contributed by atoms with Gasteiger partial charge in [0.05, 0.1) is 11.5 Å². The summed E-state index contributed by atoms with van der Waals surface area (Å²) < 4.78 is 50.6. The standard InChI is InChI=1S/C20H21N3O7S2.Cu/c1-3-6-30-31(26)13-4-5-15(16(24)10-13)22-23-19-17(32(27,28)29)9-12-7-11(2)8-14(21)18(12)20(19)25;/h4-5,7-10,24-25H,3,6,21H2,1-2H3,(H,27,28,29);. The van der Waals surface area contributed by atoms with Crippen molar-refractivity contribution in [2.45, 2.75) is 30.1 Å². The monoisotopic (exact) mass is 542 g/mol. The number of aromatic hydroxyl groups is 2. The second kappa shape index (κ2) is 10.6. The summed E-state index contributed by atoms with van der Waals surface area (Å²) in [4.78, 5) is -0.480. The molecule has 0 aliphatic heterocycles. The van der Waals surface area contributed by atoms with E-state index in [4.69, 9.17) is 9.92 Å². The Morgan fingerprint density at radius 2 is 1.82 bits per heavy atom. The average molecular weight is 543 g/mol. The molecule has 33 heavy (non-hydrogen) atoms. The summed E-state index contributed by atoms with van der Waals surface area (Å²) in [6.07, 6.45) is 0.666. The Morgan fingerprint density at radius 1 is 1.12 bits per heavy atom. The van der Waals surface area contributed by atoms with Crippen LogP contribution in [0.4, 0.5) is 17.1 Å². The van der Waals surface area contributed by atoms with E-state index in [0.717, 1.165) is 11.6 Å². The minimum absolute atomic E-state index is 0. The number of aryl methyl sites for hydroxylation is 1. The second-order valence-corrected chi connectivity index (χ2v) is 9.47. The Hall–Kier alpha value is -2.54. The zero-order chi connectivity index (χ0) is 23.6. The molecule has 1 atom stereocenters. The second-order valence-electron chi connectivity index (χ2n) is 6.91. The number of anilines is 1. The summed E-state index contributed by atoms with van der Waals surface area (Å²) in [6.45, 7) is 3.87. The third-order valence-electron chi connectivity index (χ3n) is 4.39. The summed E-state index contributed by atoms with van der Waals surface area (Å²) in [5, 5.41) is 28.8. The van der Waals surface area contributed by atoms with Crippen LogP contribution in [0, 0.1) is 6.92 Å². The van der Waals surface area contributed by atoms with Crippen LogP contribution in [0.25, 0.3) is 10.8 Å². The molecule has 0 aliphatic carbocycles. The summed E-state index contributed by atoms with van der Waals surface area (Å²) in [5.74, 6) is -0.995. The smallest absolute Gasteiger partial charge is 0.296 e. The van der Waals surface area contributed by atoms with Gasteiger partial charge in [-0.05, 0) is 48.6 Å². The topological polar surface area (TPSA) is 172 Å². The van der Waals surface area contributed by atoms with E-state index in [2.05, 4.69) is 10.2 Å². The van der Waals surface area contributed by atoms with Gasteiger partial charge in [-0.2, -0.15) is 8.42 Å². The first-order chi connectivity index (χ1) is 15.0. The van der Waals surface area contributed by atoms with Crippen LogP contribution in [0.5, 0.6) is 11.5 Å². The van der Waals surface area contributed by atoms with Gasteiger partial charge < -0.3 is 15.9 Å². The third kappa shape index (κ3) is 5.88. The van der Waals surface area contributed by atoms with Crippen molar-refractivity contribution < 1.29 is 48.6 Å². The fraction of sp³-hybridized carbons (Fsp3) is 0.200. The summed E-state index contributed by atoms with van der Waals surface area (Å²) in [7, 11) is -4.79. The molecule has 1 radical (unpaired) electrons. The molecule has 0 saturated heterocycles. The molecule has 0 spiro atoms. The van der Waals surface area contributed by atoms with Crippen LogP contribution in [0.15, 0.2) is 56.4 Å². The van der Waals surface area contributed by atoms with Crippen LogP contribution < -0.4 is 5.73 Å². The van der Waals surface area contributed by atoms with E-state index in [1.54, 1.807) is 19.1 Å². The number of benzene rings is 3. The van der Waals surface area contributed by atoms with E-state index >= 15 is 0 Å². The fourth-order valence-electron chi connectivity index (χ4n) is 2.99. The zero-order valence-corrected chi connectivity index (χ0v) is 20.0. The van der Waals surface area contributed by atoms with Crippen molar-refractivity contribution in [2.24, 2.45) is 10.2 Å². The van der Waals surface area contributed by atoms with Gasteiger partial charge in [0.25, 0.3) is 10.1 Å². The molecular formula is C20H21CuN3O7S2. The number of phenols is 2. The average Bonchev–Trinajstić information content (AvgIpc) is 2.70. The van der Waals surface area contributed by atoms with Gasteiger partial charge in [-0.1, -0.05) is 13.0 Å². The Labute approximate surface area is 203 Å². The van der Waals surface area contributed by atoms with Crippen molar-refractivity contribution in [1.82, 2.24) is 0 Å². The normalized spacial score (nSPS) is 12.7. The van der Waals surface area contributed by atoms with E-state index in [9.17, 15) is 27.4 Å². The largest absolute Gasteiger partial charge is 0.506 e. The molecular weight excluding hydrogens is 522 g/mol. The van der Waals surface area contributed by atoms with Gasteiger partial charge in [-0.15, -0.1) is 10.2 Å². The predicted octanol–water partition coefficient (Wildman–Crippen LogP) is 4.25. The van der Waals surface area contributed by atoms with Gasteiger partial charge in [0.15, 0.2) is 16.8 Å². The van der Waals surface area contributed by atoms with Crippen LogP contribution in [0.3, 0.4) is 0 Å². The Kier molecular flexibility index (Phi) is 8.57. The van der Waals surface area contributed by atoms with Crippen molar-refractivity contribution in [1.29, 1.82) is 0 Å². The molecule has 181 valence electrons. The first-order valence-corrected chi connectivity index (χ1v) is 11.9. The Morgan fingerprint density at radius 3 is 2.42 bits per heavy atom. The number of nitrogens with two attached hydrogens (primary N) is 1. The zero-order valence-electron chi connectivity index (χ0n) is 17.4. The molecule has 5 N–H and O–H groups in total. The number of azo groups is 1. The fourth-order valence-corrected chi connectivity index (χ4v) is 4.49. The number of rotatable bonds is 7. The number of nitrogen functional groups attached to an aromatic ring is 1. The molecule has 0 fully saturated rings. The molecule has 13 heteroatoms. The molecule has 0 amide bonds. The van der Waals surface area contributed by atoms with Crippen molar-refractivity contribution in [3.63, 3.8) is 0 Å². The van der Waals surface area contributed by atoms with Crippen molar-refractivity contribution >= 4 is 49.0 Å². The summed E-state index contributed by atoms with van der Waals surface area (Å²) >= 11 is -1.78. The quantitative estimate of drug-likeness (QED) is 0.148. The molecule has 0 aromatic heterocycles. The first kappa shape index (κ1) is 26.7. The number of nitrogens with zero attached hydrogens (tertiary/aromatic N) is 2. The van der Waals surface area contributed by atoms with E-state index in [0.29, 0.717) is 6.42 Å². The van der Waals surface area contributed by atoms with Gasteiger partial charge >= 0.3 is 0 Å². The van der Waals surface area contributed by atoms with Gasteiger partial charge in [0, 0.05) is 34.2 Å². The molecule has 10 nitrogen and oxygen atoms in total. The molecule has 0 bridgehead atoms. The van der Waals surface area contributed by atoms with Gasteiger partial charge in [0.1, 0.15) is 22.0 Å². The molecule has 0 aliphatic rings. The Balaban J connectivity index is 0.00000385. The SMILES string of the molecule is CCCOS(=O)c1ccc(N=Nc2c(S(=O)(=O)O)cc3cc(C)cc(N)c3c2O)c(O)c1.[Cu]. The maximum Gasteiger partial charge on any atom is 0.296 e. The van der Waals surface area contributed by atoms with Crippen molar-refractivity contribution in [3.8, 4) is 11.5 Å². The first-order valence-electron chi connectivity index (χ1n) is 9.36. The van der Waals surface area contributed by atoms with Crippen LogP contribution in [-0.2, 0) is 42.5 Å². The molecule has 1 unspecified atom stereocenters. The molecule has 0 heterocycles. The molecule has 3 aromatic rings. The van der Waals surface area contributed by atoms with E-state index < -0.39 is 43.3 Å². The van der Waals surface area contributed by atoms with E-state index in [1.165, 1.54) is 18.2 Å². The van der Waals surface area contributed by atoms with Gasteiger partial charge in [-0.3, -0.25) is 8.74 Å². The van der Waals surface area contributed by atoms with Crippen LogP contribution in [0.1, 0.15) is 18.9 Å². The minimum Gasteiger partial charge on any atom is -0.506 e. The maximum absolute atomic E-state index is 12.0. The number of fused-ring (bicyclic) bond motifs is 1. The van der Waals surface area contributed by atoms with Crippen molar-refractivity contribution in [3.05, 3.63) is 42.0 Å². The van der Waals surface area contributed by atoms with Gasteiger partial charge in [0.2, 0.25) is 0 Å². The van der Waals surface area contributed by atoms with Crippen LogP contribution in [-0.4, -0.2) is 34.0 Å². The molecule has 0 saturated carbocycles. The predicted molar refractivity (Wildman–Crippen MR) is 120 cm³/mol. The Bertz CT molecular complexity index is 1360. The molecule has 3 aromatic carbocycles. The van der Waals surface area contributed by atoms with Crippen LogP contribution in [0.2, 0.25) is 0 Å². The van der Waals surface area contributed by atoms with E-state index in [1.807, 2.05) is 6.92 Å². The van der Waals surface area contributed by atoms with Crippen LogP contribution >= 0.6 is 0 Å². The van der Waals surface area contributed by atoms with E-state index in [-0.39, 0.29) is 50.7 Å². The summed E-state index contributed by atoms with van der Waals surface area (Å²) in [5.41, 5.74) is 6.22. The third-order valence-corrected chi connectivity index (χ3v) is 6.28. The van der Waals surface area contributed by atoms with Gasteiger partial charge in [-0.25, -0.2) is 4.21 Å². The number of hydrogen-bond donors (Lipinski definition) is 4. The maximum atomic E-state index is 12.0.